The van der Waals surface area contributed by atoms with Gasteiger partial charge in [0.2, 0.25) is 0 Å². The van der Waals surface area contributed by atoms with Gasteiger partial charge in [0.25, 0.3) is 0 Å². The SMILES string of the molecule is CC[C@@H](C)C(=O)c1c2c(c3oc(=O)cc(-c4ccccc4)c3c1O)C=C[C@@](C)(CCC=C(C)C)O2. The standard InChI is InChI=1S/C30H32O5/c1-6-19(4)26(32)25-27(33)24-22(20-12-8-7-9-13-20)17-23(31)34-28(24)21-14-16-30(5,35-29(21)25)15-10-11-18(2)3/h7-9,11-14,16-17,19,33H,6,10,15H2,1-5H3/t19-,30-/m1/s1. The summed E-state index contributed by atoms with van der Waals surface area (Å²) >= 11 is 0. The van der Waals surface area contributed by atoms with E-state index in [0.717, 1.165) is 12.0 Å². The minimum Gasteiger partial charge on any atom is -0.506 e. The minimum atomic E-state index is -0.680. The normalized spacial score (nSPS) is 17.5. The topological polar surface area (TPSA) is 76.7 Å². The van der Waals surface area contributed by atoms with Crippen LogP contribution in [0, 0.1) is 5.92 Å². The highest BCUT2D eigenvalue weighted by Gasteiger charge is 2.36. The summed E-state index contributed by atoms with van der Waals surface area (Å²) in [4.78, 5) is 26.2. The first-order chi connectivity index (χ1) is 16.6. The Balaban J connectivity index is 2.02. The highest BCUT2D eigenvalue weighted by molar-refractivity contribution is 6.13. The van der Waals surface area contributed by atoms with Gasteiger partial charge in [-0.1, -0.05) is 55.8 Å². The van der Waals surface area contributed by atoms with Gasteiger partial charge in [-0.15, -0.1) is 0 Å². The van der Waals surface area contributed by atoms with Gasteiger partial charge >= 0.3 is 5.63 Å². The number of ether oxygens (including phenoxy) is 1. The number of phenols is 1. The number of rotatable bonds is 7. The smallest absolute Gasteiger partial charge is 0.336 e. The van der Waals surface area contributed by atoms with Gasteiger partial charge in [-0.25, -0.2) is 4.79 Å². The van der Waals surface area contributed by atoms with Gasteiger partial charge in [-0.3, -0.25) is 4.79 Å². The Bertz CT molecular complexity index is 1390. The summed E-state index contributed by atoms with van der Waals surface area (Å²) in [5, 5.41) is 11.9. The molecule has 4 rings (SSSR count). The number of hydrogen-bond donors (Lipinski definition) is 1. The maximum absolute atomic E-state index is 13.6. The third-order valence-corrected chi connectivity index (χ3v) is 6.67. The Morgan fingerprint density at radius 1 is 1.20 bits per heavy atom. The van der Waals surface area contributed by atoms with Crippen LogP contribution in [0.2, 0.25) is 0 Å². The lowest BCUT2D eigenvalue weighted by molar-refractivity contribution is 0.0902. The third kappa shape index (κ3) is 4.68. The van der Waals surface area contributed by atoms with Crippen molar-refractivity contribution in [3.05, 3.63) is 75.7 Å². The molecular weight excluding hydrogens is 440 g/mol. The highest BCUT2D eigenvalue weighted by Crippen LogP contribution is 2.48. The molecule has 182 valence electrons. The second-order valence-electron chi connectivity index (χ2n) is 9.76. The van der Waals surface area contributed by atoms with Crippen LogP contribution in [0.15, 0.2) is 63.3 Å². The zero-order chi connectivity index (χ0) is 25.3. The van der Waals surface area contributed by atoms with Crippen LogP contribution < -0.4 is 10.4 Å². The van der Waals surface area contributed by atoms with Crippen LogP contribution in [0.25, 0.3) is 28.2 Å². The Morgan fingerprint density at radius 2 is 1.91 bits per heavy atom. The maximum atomic E-state index is 13.6. The van der Waals surface area contributed by atoms with Crippen molar-refractivity contribution >= 4 is 22.8 Å². The number of phenolic OH excluding ortho intramolecular Hbond substituents is 1. The molecule has 0 bridgehead atoms. The van der Waals surface area contributed by atoms with E-state index >= 15 is 0 Å². The number of carbonyl (C=O) groups excluding carboxylic acids is 1. The lowest BCUT2D eigenvalue weighted by Crippen LogP contribution is -2.33. The molecule has 0 saturated heterocycles. The number of benzene rings is 2. The first-order valence-corrected chi connectivity index (χ1v) is 12.1. The fourth-order valence-electron chi connectivity index (χ4n) is 4.46. The van der Waals surface area contributed by atoms with Crippen LogP contribution in [0.5, 0.6) is 11.5 Å². The summed E-state index contributed by atoms with van der Waals surface area (Å²) in [6.45, 7) is 9.84. The average Bonchev–Trinajstić information content (AvgIpc) is 2.83. The van der Waals surface area contributed by atoms with Gasteiger partial charge in [-0.2, -0.15) is 0 Å². The van der Waals surface area contributed by atoms with Crippen LogP contribution in [0.3, 0.4) is 0 Å². The molecule has 1 aromatic heterocycles. The van der Waals surface area contributed by atoms with Crippen molar-refractivity contribution in [2.45, 2.75) is 59.5 Å². The number of Topliss-reactive ketones (excluding diaryl/α,β-unsaturated/α-hetero) is 1. The van der Waals surface area contributed by atoms with Crippen LogP contribution in [-0.4, -0.2) is 16.5 Å². The molecule has 0 aliphatic carbocycles. The van der Waals surface area contributed by atoms with Crippen LogP contribution in [0.4, 0.5) is 0 Å². The molecule has 1 N–H and O–H groups in total. The summed E-state index contributed by atoms with van der Waals surface area (Å²) in [5.74, 6) is -0.454. The lowest BCUT2D eigenvalue weighted by atomic mass is 9.87. The highest BCUT2D eigenvalue weighted by atomic mass is 16.5. The van der Waals surface area contributed by atoms with Crippen molar-refractivity contribution in [2.24, 2.45) is 5.92 Å². The summed E-state index contributed by atoms with van der Waals surface area (Å²) in [6, 6.07) is 10.7. The van der Waals surface area contributed by atoms with E-state index in [1.807, 2.05) is 63.3 Å². The van der Waals surface area contributed by atoms with Gasteiger partial charge in [-0.05, 0) is 57.7 Å². The van der Waals surface area contributed by atoms with Crippen LogP contribution >= 0.6 is 0 Å². The fraction of sp³-hybridized carbons (Fsp3) is 0.333. The van der Waals surface area contributed by atoms with E-state index in [9.17, 15) is 14.7 Å². The molecule has 0 radical (unpaired) electrons. The zero-order valence-electron chi connectivity index (χ0n) is 21.0. The van der Waals surface area contributed by atoms with Gasteiger partial charge < -0.3 is 14.3 Å². The molecule has 5 heteroatoms. The Labute approximate surface area is 205 Å². The molecule has 0 fully saturated rings. The zero-order valence-corrected chi connectivity index (χ0v) is 21.0. The Hall–Kier alpha value is -3.60. The quantitative estimate of drug-likeness (QED) is 0.222. The molecule has 2 aromatic carbocycles. The van der Waals surface area contributed by atoms with Gasteiger partial charge in [0.1, 0.15) is 22.7 Å². The van der Waals surface area contributed by atoms with E-state index in [1.54, 1.807) is 0 Å². The molecule has 5 nitrogen and oxygen atoms in total. The summed E-state index contributed by atoms with van der Waals surface area (Å²) in [7, 11) is 0. The van der Waals surface area contributed by atoms with Gasteiger partial charge in [0.05, 0.1) is 10.9 Å². The predicted octanol–water partition coefficient (Wildman–Crippen LogP) is 7.31. The number of fused-ring (bicyclic) bond motifs is 3. The number of carbonyl (C=O) groups is 1. The number of hydrogen-bond acceptors (Lipinski definition) is 5. The second-order valence-corrected chi connectivity index (χ2v) is 9.76. The molecule has 0 saturated carbocycles. The van der Waals surface area contributed by atoms with E-state index in [2.05, 4.69) is 19.9 Å². The van der Waals surface area contributed by atoms with E-state index in [0.29, 0.717) is 29.4 Å². The predicted molar refractivity (Wildman–Crippen MR) is 140 cm³/mol. The second kappa shape index (κ2) is 9.57. The molecule has 35 heavy (non-hydrogen) atoms. The van der Waals surface area contributed by atoms with Crippen LogP contribution in [0.1, 0.15) is 69.8 Å². The molecule has 2 heterocycles. The summed E-state index contributed by atoms with van der Waals surface area (Å²) < 4.78 is 12.1. The fourth-order valence-corrected chi connectivity index (χ4v) is 4.46. The van der Waals surface area contributed by atoms with E-state index in [1.165, 1.54) is 11.6 Å². The number of ketones is 1. The van der Waals surface area contributed by atoms with Gasteiger partial charge in [0.15, 0.2) is 11.4 Å². The van der Waals surface area contributed by atoms with Crippen molar-refractivity contribution in [1.82, 2.24) is 0 Å². The molecule has 0 spiro atoms. The number of aromatic hydroxyl groups is 1. The molecule has 0 unspecified atom stereocenters. The summed E-state index contributed by atoms with van der Waals surface area (Å²) in [6.07, 6.45) is 8.06. The molecule has 1 aliphatic rings. The lowest BCUT2D eigenvalue weighted by Gasteiger charge is -2.33. The van der Waals surface area contributed by atoms with Crippen LogP contribution in [-0.2, 0) is 0 Å². The molecule has 2 atom stereocenters. The first-order valence-electron chi connectivity index (χ1n) is 12.1. The number of allylic oxidation sites excluding steroid dienone is 2. The molecule has 0 amide bonds. The van der Waals surface area contributed by atoms with Crippen molar-refractivity contribution in [3.63, 3.8) is 0 Å². The van der Waals surface area contributed by atoms with Gasteiger partial charge in [0, 0.05) is 17.5 Å². The Morgan fingerprint density at radius 3 is 2.57 bits per heavy atom. The minimum absolute atomic E-state index is 0.144. The largest absolute Gasteiger partial charge is 0.506 e. The molecule has 3 aromatic rings. The monoisotopic (exact) mass is 472 g/mol. The van der Waals surface area contributed by atoms with E-state index in [4.69, 9.17) is 9.15 Å². The van der Waals surface area contributed by atoms with Crippen molar-refractivity contribution in [1.29, 1.82) is 0 Å². The summed E-state index contributed by atoms with van der Waals surface area (Å²) in [5.41, 5.74) is 2.12. The third-order valence-electron chi connectivity index (χ3n) is 6.67. The van der Waals surface area contributed by atoms with Crippen molar-refractivity contribution in [2.75, 3.05) is 0 Å². The van der Waals surface area contributed by atoms with E-state index in [-0.39, 0.29) is 34.3 Å². The maximum Gasteiger partial charge on any atom is 0.336 e. The molecular formula is C30H32O5. The average molecular weight is 473 g/mol. The van der Waals surface area contributed by atoms with E-state index < -0.39 is 11.2 Å². The molecule has 1 aliphatic heterocycles. The van der Waals surface area contributed by atoms with Crippen molar-refractivity contribution in [3.8, 4) is 22.6 Å². The Kier molecular flexibility index (Phi) is 6.70. The van der Waals surface area contributed by atoms with Crippen molar-refractivity contribution < 1.29 is 19.1 Å². The first kappa shape index (κ1) is 24.5.